The number of benzene rings is 1. The molecule has 0 bridgehead atoms. The number of hydrogen-bond acceptors (Lipinski definition) is 3. The monoisotopic (exact) mass is 275 g/mol. The molecule has 0 radical (unpaired) electrons. The first-order valence-corrected chi connectivity index (χ1v) is 6.85. The lowest BCUT2D eigenvalue weighted by atomic mass is 10.0. The minimum Gasteiger partial charge on any atom is -0.478 e. The van der Waals surface area contributed by atoms with Gasteiger partial charge in [0.1, 0.15) is 16.9 Å². The molecule has 0 aliphatic rings. The first kappa shape index (κ1) is 14.6. The summed E-state index contributed by atoms with van der Waals surface area (Å²) in [7, 11) is 1.99. The second kappa shape index (κ2) is 5.67. The molecule has 2 rings (SSSR count). The van der Waals surface area contributed by atoms with Crippen LogP contribution in [0.2, 0.25) is 0 Å². The SMILES string of the molecule is CC(C)C(C)N(C)Cc1oc2ccccc2c1C(=O)O. The summed E-state index contributed by atoms with van der Waals surface area (Å²) < 4.78 is 5.74. The quantitative estimate of drug-likeness (QED) is 0.905. The fraction of sp³-hybridized carbons (Fsp3) is 0.438. The number of fused-ring (bicyclic) bond motifs is 1. The van der Waals surface area contributed by atoms with Gasteiger partial charge in [0.25, 0.3) is 0 Å². The van der Waals surface area contributed by atoms with Crippen molar-refractivity contribution >= 4 is 16.9 Å². The van der Waals surface area contributed by atoms with E-state index in [1.54, 1.807) is 12.1 Å². The van der Waals surface area contributed by atoms with Crippen molar-refractivity contribution < 1.29 is 14.3 Å². The fourth-order valence-electron chi connectivity index (χ4n) is 2.32. The summed E-state index contributed by atoms with van der Waals surface area (Å²) in [6.45, 7) is 6.93. The van der Waals surface area contributed by atoms with E-state index in [-0.39, 0.29) is 5.56 Å². The molecule has 0 saturated heterocycles. The Hall–Kier alpha value is -1.81. The van der Waals surface area contributed by atoms with E-state index in [1.165, 1.54) is 0 Å². The van der Waals surface area contributed by atoms with Crippen LogP contribution in [0, 0.1) is 5.92 Å². The average molecular weight is 275 g/mol. The molecule has 1 atom stereocenters. The molecule has 1 aromatic heterocycles. The molecule has 4 nitrogen and oxygen atoms in total. The largest absolute Gasteiger partial charge is 0.478 e. The number of nitrogens with zero attached hydrogens (tertiary/aromatic N) is 1. The van der Waals surface area contributed by atoms with Crippen molar-refractivity contribution in [2.45, 2.75) is 33.4 Å². The Morgan fingerprint density at radius 3 is 2.55 bits per heavy atom. The number of aromatic carboxylic acids is 1. The van der Waals surface area contributed by atoms with Crippen molar-refractivity contribution in [3.05, 3.63) is 35.6 Å². The van der Waals surface area contributed by atoms with E-state index in [4.69, 9.17) is 4.42 Å². The predicted molar refractivity (Wildman–Crippen MR) is 78.9 cm³/mol. The van der Waals surface area contributed by atoms with E-state index >= 15 is 0 Å². The molecule has 0 aliphatic carbocycles. The van der Waals surface area contributed by atoms with Gasteiger partial charge in [-0.15, -0.1) is 0 Å². The normalized spacial score (nSPS) is 13.3. The van der Waals surface area contributed by atoms with E-state index in [9.17, 15) is 9.90 Å². The maximum Gasteiger partial charge on any atom is 0.339 e. The van der Waals surface area contributed by atoms with Crippen LogP contribution in [0.4, 0.5) is 0 Å². The van der Waals surface area contributed by atoms with Crippen molar-refractivity contribution in [1.82, 2.24) is 4.90 Å². The van der Waals surface area contributed by atoms with E-state index < -0.39 is 5.97 Å². The standard InChI is InChI=1S/C16H21NO3/c1-10(2)11(3)17(4)9-14-15(16(18)19)12-7-5-6-8-13(12)20-14/h5-8,10-11H,9H2,1-4H3,(H,18,19). The smallest absolute Gasteiger partial charge is 0.339 e. The third-order valence-corrected chi connectivity index (χ3v) is 3.94. The summed E-state index contributed by atoms with van der Waals surface area (Å²) in [5.74, 6) is 0.0851. The van der Waals surface area contributed by atoms with Crippen molar-refractivity contribution in [2.24, 2.45) is 5.92 Å². The van der Waals surface area contributed by atoms with Gasteiger partial charge in [0, 0.05) is 11.4 Å². The third-order valence-electron chi connectivity index (χ3n) is 3.94. The topological polar surface area (TPSA) is 53.7 Å². The van der Waals surface area contributed by atoms with Crippen LogP contribution in [0.5, 0.6) is 0 Å². The summed E-state index contributed by atoms with van der Waals surface area (Å²) in [6, 6.07) is 7.62. The van der Waals surface area contributed by atoms with Crippen LogP contribution in [-0.4, -0.2) is 29.1 Å². The Bertz CT molecular complexity index is 615. The molecule has 0 amide bonds. The number of carboxylic acids is 1. The third kappa shape index (κ3) is 2.70. The summed E-state index contributed by atoms with van der Waals surface area (Å²) in [6.07, 6.45) is 0. The molecule has 0 aliphatic heterocycles. The molecule has 108 valence electrons. The van der Waals surface area contributed by atoms with Gasteiger partial charge in [-0.3, -0.25) is 4.90 Å². The van der Waals surface area contributed by atoms with Gasteiger partial charge < -0.3 is 9.52 Å². The fourth-order valence-corrected chi connectivity index (χ4v) is 2.32. The van der Waals surface area contributed by atoms with Gasteiger partial charge in [0.05, 0.1) is 6.54 Å². The molecule has 2 aromatic rings. The Morgan fingerprint density at radius 2 is 1.95 bits per heavy atom. The number of carboxylic acid groups (broad SMARTS) is 1. The van der Waals surface area contributed by atoms with Crippen LogP contribution in [0.25, 0.3) is 11.0 Å². The molecular formula is C16H21NO3. The Labute approximate surface area is 119 Å². The van der Waals surface area contributed by atoms with Gasteiger partial charge in [0.2, 0.25) is 0 Å². The van der Waals surface area contributed by atoms with E-state index in [0.29, 0.717) is 35.2 Å². The summed E-state index contributed by atoms with van der Waals surface area (Å²) in [4.78, 5) is 13.6. The molecule has 1 unspecified atom stereocenters. The van der Waals surface area contributed by atoms with E-state index in [2.05, 4.69) is 25.7 Å². The zero-order valence-electron chi connectivity index (χ0n) is 12.4. The number of para-hydroxylation sites is 1. The van der Waals surface area contributed by atoms with Crippen LogP contribution >= 0.6 is 0 Å². The van der Waals surface area contributed by atoms with Crippen LogP contribution in [0.1, 0.15) is 36.9 Å². The van der Waals surface area contributed by atoms with Crippen LogP contribution in [-0.2, 0) is 6.54 Å². The first-order chi connectivity index (χ1) is 9.41. The zero-order chi connectivity index (χ0) is 14.9. The van der Waals surface area contributed by atoms with Crippen molar-refractivity contribution in [3.8, 4) is 0 Å². The van der Waals surface area contributed by atoms with Crippen LogP contribution < -0.4 is 0 Å². The molecule has 20 heavy (non-hydrogen) atoms. The van der Waals surface area contributed by atoms with Gasteiger partial charge in [-0.1, -0.05) is 32.0 Å². The lowest BCUT2D eigenvalue weighted by molar-refractivity contribution is 0.0693. The summed E-state index contributed by atoms with van der Waals surface area (Å²) in [5.41, 5.74) is 0.911. The second-order valence-corrected chi connectivity index (χ2v) is 5.60. The maximum absolute atomic E-state index is 11.5. The van der Waals surface area contributed by atoms with Crippen LogP contribution in [0.15, 0.2) is 28.7 Å². The van der Waals surface area contributed by atoms with Crippen LogP contribution in [0.3, 0.4) is 0 Å². The molecule has 1 heterocycles. The highest BCUT2D eigenvalue weighted by molar-refractivity contribution is 6.03. The van der Waals surface area contributed by atoms with Gasteiger partial charge in [0.15, 0.2) is 0 Å². The Morgan fingerprint density at radius 1 is 1.30 bits per heavy atom. The Kier molecular flexibility index (Phi) is 4.14. The number of carbonyl (C=O) groups is 1. The first-order valence-electron chi connectivity index (χ1n) is 6.85. The number of hydrogen-bond donors (Lipinski definition) is 1. The highest BCUT2D eigenvalue weighted by atomic mass is 16.4. The molecule has 0 spiro atoms. The van der Waals surface area contributed by atoms with Crippen molar-refractivity contribution in [1.29, 1.82) is 0 Å². The van der Waals surface area contributed by atoms with E-state index in [1.807, 2.05) is 19.2 Å². The second-order valence-electron chi connectivity index (χ2n) is 5.60. The summed E-state index contributed by atoms with van der Waals surface area (Å²) in [5, 5.41) is 10.1. The van der Waals surface area contributed by atoms with Gasteiger partial charge >= 0.3 is 5.97 Å². The molecular weight excluding hydrogens is 254 g/mol. The lowest BCUT2D eigenvalue weighted by Gasteiger charge is -2.27. The Balaban J connectivity index is 2.39. The minimum absolute atomic E-state index is 0.281. The maximum atomic E-state index is 11.5. The molecule has 0 fully saturated rings. The average Bonchev–Trinajstić information content (AvgIpc) is 2.75. The zero-order valence-corrected chi connectivity index (χ0v) is 12.4. The van der Waals surface area contributed by atoms with Gasteiger partial charge in [-0.25, -0.2) is 4.79 Å². The van der Waals surface area contributed by atoms with Crippen molar-refractivity contribution in [3.63, 3.8) is 0 Å². The molecule has 0 saturated carbocycles. The number of furan rings is 1. The summed E-state index contributed by atoms with van der Waals surface area (Å²) >= 11 is 0. The highest BCUT2D eigenvalue weighted by Gasteiger charge is 2.23. The molecule has 4 heteroatoms. The number of rotatable bonds is 5. The predicted octanol–water partition coefficient (Wildman–Crippen LogP) is 3.61. The lowest BCUT2D eigenvalue weighted by Crippen LogP contribution is -2.32. The van der Waals surface area contributed by atoms with E-state index in [0.717, 1.165) is 0 Å². The van der Waals surface area contributed by atoms with Crippen molar-refractivity contribution in [2.75, 3.05) is 7.05 Å². The van der Waals surface area contributed by atoms with Gasteiger partial charge in [-0.05, 0) is 26.0 Å². The highest BCUT2D eigenvalue weighted by Crippen LogP contribution is 2.27. The molecule has 1 aromatic carbocycles. The van der Waals surface area contributed by atoms with Gasteiger partial charge in [-0.2, -0.15) is 0 Å². The minimum atomic E-state index is -0.935. The molecule has 1 N–H and O–H groups in total.